The van der Waals surface area contributed by atoms with E-state index in [2.05, 4.69) is 11.3 Å². The largest absolute Gasteiger partial charge is 0.307 e. The van der Waals surface area contributed by atoms with Crippen LogP contribution in [0.3, 0.4) is 0 Å². The zero-order valence-corrected chi connectivity index (χ0v) is 14.0. The van der Waals surface area contributed by atoms with Crippen molar-refractivity contribution in [1.82, 2.24) is 4.40 Å². The molecule has 0 saturated heterocycles. The molecule has 3 aromatic heterocycles. The molecule has 0 radical (unpaired) electrons. The first-order chi connectivity index (χ1) is 12.2. The topological polar surface area (TPSA) is 38.5 Å². The lowest BCUT2D eigenvalue weighted by atomic mass is 10.0. The van der Waals surface area contributed by atoms with Crippen LogP contribution in [-0.4, -0.2) is 4.40 Å². The number of nitrogens with zero attached hydrogens (tertiary/aromatic N) is 1. The number of fused-ring (bicyclic) bond motifs is 3. The molecule has 3 nitrogen and oxygen atoms in total. The maximum absolute atomic E-state index is 12.8. The number of hydrogen-bond acceptors (Lipinski definition) is 2. The number of aryl methyl sites for hydroxylation is 1. The number of hydrogen-bond donors (Lipinski definition) is 0. The van der Waals surface area contributed by atoms with Crippen molar-refractivity contribution < 1.29 is 0 Å². The molecule has 0 fully saturated rings. The van der Waals surface area contributed by atoms with E-state index in [9.17, 15) is 9.59 Å². The molecule has 122 valence electrons. The molecule has 25 heavy (non-hydrogen) atoms. The van der Waals surface area contributed by atoms with Crippen LogP contribution in [-0.2, 0) is 6.42 Å². The van der Waals surface area contributed by atoms with Crippen molar-refractivity contribution in [3.63, 3.8) is 0 Å². The van der Waals surface area contributed by atoms with Crippen LogP contribution in [0.5, 0.6) is 0 Å². The second-order valence-electron chi connectivity index (χ2n) is 6.81. The highest BCUT2D eigenvalue weighted by molar-refractivity contribution is 6.13. The third-order valence-corrected chi connectivity index (χ3v) is 5.24. The maximum atomic E-state index is 12.8. The van der Waals surface area contributed by atoms with Gasteiger partial charge in [0.25, 0.3) is 0 Å². The molecular weight excluding hydrogens is 310 g/mol. The summed E-state index contributed by atoms with van der Waals surface area (Å²) < 4.78 is 2.09. The molecule has 0 aliphatic heterocycles. The second kappa shape index (κ2) is 5.03. The van der Waals surface area contributed by atoms with E-state index in [0.29, 0.717) is 10.8 Å². The number of rotatable bonds is 3. The van der Waals surface area contributed by atoms with Crippen molar-refractivity contribution in [1.29, 1.82) is 0 Å². The minimum Gasteiger partial charge on any atom is -0.307 e. The van der Waals surface area contributed by atoms with E-state index in [1.807, 2.05) is 36.4 Å². The van der Waals surface area contributed by atoms with Gasteiger partial charge in [0.1, 0.15) is 0 Å². The Hall–Kier alpha value is -2.94. The molecule has 0 aliphatic rings. The minimum absolute atomic E-state index is 0.00778. The summed E-state index contributed by atoms with van der Waals surface area (Å²) in [5.41, 5.74) is 3.59. The Balaban J connectivity index is 2.06. The summed E-state index contributed by atoms with van der Waals surface area (Å²) in [6.45, 7) is 2.14. The first-order valence-corrected chi connectivity index (χ1v) is 8.78. The zero-order valence-electron chi connectivity index (χ0n) is 14.0. The van der Waals surface area contributed by atoms with Crippen LogP contribution in [0.1, 0.15) is 25.3 Å². The lowest BCUT2D eigenvalue weighted by molar-refractivity contribution is 0.796. The average Bonchev–Trinajstić information content (AvgIpc) is 2.94. The van der Waals surface area contributed by atoms with Crippen molar-refractivity contribution in [2.24, 2.45) is 0 Å². The molecule has 0 N–H and O–H groups in total. The summed E-state index contributed by atoms with van der Waals surface area (Å²) >= 11 is 0. The van der Waals surface area contributed by atoms with Gasteiger partial charge in [0.15, 0.2) is 10.9 Å². The summed E-state index contributed by atoms with van der Waals surface area (Å²) in [5.74, 6) is 0. The smallest absolute Gasteiger partial charge is 0.190 e. The predicted octanol–water partition coefficient (Wildman–Crippen LogP) is 4.34. The lowest BCUT2D eigenvalue weighted by Crippen LogP contribution is -2.11. The fourth-order valence-electron chi connectivity index (χ4n) is 4.07. The van der Waals surface area contributed by atoms with Crippen LogP contribution in [0.15, 0.2) is 58.1 Å². The van der Waals surface area contributed by atoms with E-state index >= 15 is 0 Å². The van der Waals surface area contributed by atoms with Crippen molar-refractivity contribution >= 4 is 38.1 Å². The molecule has 0 bridgehead atoms. The molecule has 0 atom stereocenters. The van der Waals surface area contributed by atoms with Gasteiger partial charge in [-0.1, -0.05) is 37.6 Å². The van der Waals surface area contributed by atoms with E-state index in [-0.39, 0.29) is 10.9 Å². The molecule has 0 amide bonds. The SMILES string of the molecule is CCCCc1cc2c(=O)cc3c4ccccc4c4cc(=O)c(c1)c2n34. The van der Waals surface area contributed by atoms with Crippen molar-refractivity contribution in [3.8, 4) is 0 Å². The Morgan fingerprint density at radius 1 is 0.800 bits per heavy atom. The maximum Gasteiger partial charge on any atom is 0.190 e. The number of pyridine rings is 2. The predicted molar refractivity (Wildman–Crippen MR) is 103 cm³/mol. The summed E-state index contributed by atoms with van der Waals surface area (Å²) in [4.78, 5) is 25.6. The van der Waals surface area contributed by atoms with Crippen molar-refractivity contribution in [3.05, 3.63) is 74.5 Å². The average molecular weight is 327 g/mol. The normalized spacial score (nSPS) is 12.2. The summed E-state index contributed by atoms with van der Waals surface area (Å²) in [6, 6.07) is 15.3. The molecular formula is C22H17NO2. The quantitative estimate of drug-likeness (QED) is 0.494. The molecule has 5 rings (SSSR count). The minimum atomic E-state index is -0.00778. The third kappa shape index (κ3) is 1.86. The van der Waals surface area contributed by atoms with Crippen LogP contribution in [0.25, 0.3) is 38.1 Å². The van der Waals surface area contributed by atoms with Gasteiger partial charge in [-0.3, -0.25) is 9.59 Å². The first kappa shape index (κ1) is 14.4. The van der Waals surface area contributed by atoms with E-state index in [4.69, 9.17) is 0 Å². The number of benzene rings is 2. The highest BCUT2D eigenvalue weighted by Gasteiger charge is 2.18. The van der Waals surface area contributed by atoms with Gasteiger partial charge in [0, 0.05) is 33.7 Å². The molecule has 0 spiro atoms. The Bertz CT molecular complexity index is 1270. The van der Waals surface area contributed by atoms with Gasteiger partial charge in [-0.05, 0) is 30.5 Å². The standard InChI is InChI=1S/C22H17NO2/c1-2-3-6-13-9-16-20(24)11-18-14-7-4-5-8-15(14)19-12-21(25)17(10-13)22(16)23(18)19/h4-5,7-12H,2-3,6H2,1H3. The molecule has 0 saturated carbocycles. The zero-order chi connectivity index (χ0) is 17.1. The summed E-state index contributed by atoms with van der Waals surface area (Å²) in [6.07, 6.45) is 3.03. The second-order valence-corrected chi connectivity index (χ2v) is 6.81. The van der Waals surface area contributed by atoms with E-state index < -0.39 is 0 Å². The fraction of sp³-hybridized carbons (Fsp3) is 0.182. The first-order valence-electron chi connectivity index (χ1n) is 8.78. The fourth-order valence-corrected chi connectivity index (χ4v) is 4.07. The Morgan fingerprint density at radius 2 is 1.36 bits per heavy atom. The van der Waals surface area contributed by atoms with Crippen molar-refractivity contribution in [2.45, 2.75) is 26.2 Å². The molecule has 3 heterocycles. The number of aromatic nitrogens is 1. The highest BCUT2D eigenvalue weighted by atomic mass is 16.1. The van der Waals surface area contributed by atoms with Crippen molar-refractivity contribution in [2.75, 3.05) is 0 Å². The molecule has 0 unspecified atom stereocenters. The summed E-state index contributed by atoms with van der Waals surface area (Å²) in [7, 11) is 0. The Labute approximate surface area is 143 Å². The third-order valence-electron chi connectivity index (χ3n) is 5.24. The van der Waals surface area contributed by atoms with Gasteiger partial charge in [-0.25, -0.2) is 0 Å². The van der Waals surface area contributed by atoms with E-state index in [1.54, 1.807) is 12.1 Å². The van der Waals surface area contributed by atoms with Crippen LogP contribution < -0.4 is 10.9 Å². The molecule has 2 aromatic carbocycles. The van der Waals surface area contributed by atoms with Crippen LogP contribution in [0.4, 0.5) is 0 Å². The van der Waals surface area contributed by atoms with Crippen LogP contribution >= 0.6 is 0 Å². The lowest BCUT2D eigenvalue weighted by Gasteiger charge is -2.10. The van der Waals surface area contributed by atoms with E-state index in [0.717, 1.165) is 52.1 Å². The summed E-state index contributed by atoms with van der Waals surface area (Å²) in [5, 5.41) is 3.34. The van der Waals surface area contributed by atoms with Gasteiger partial charge in [-0.15, -0.1) is 0 Å². The Morgan fingerprint density at radius 3 is 1.88 bits per heavy atom. The van der Waals surface area contributed by atoms with Gasteiger partial charge in [0.2, 0.25) is 0 Å². The van der Waals surface area contributed by atoms with Gasteiger partial charge < -0.3 is 4.40 Å². The molecule has 0 aliphatic carbocycles. The van der Waals surface area contributed by atoms with Gasteiger partial charge in [0.05, 0.1) is 16.6 Å². The highest BCUT2D eigenvalue weighted by Crippen LogP contribution is 2.32. The molecule has 3 heteroatoms. The van der Waals surface area contributed by atoms with Gasteiger partial charge in [-0.2, -0.15) is 0 Å². The number of unbranched alkanes of at least 4 members (excludes halogenated alkanes) is 1. The van der Waals surface area contributed by atoms with E-state index in [1.165, 1.54) is 0 Å². The Kier molecular flexibility index (Phi) is 2.90. The van der Waals surface area contributed by atoms with Crippen LogP contribution in [0, 0.1) is 0 Å². The molecule has 5 aromatic rings. The monoisotopic (exact) mass is 327 g/mol. The van der Waals surface area contributed by atoms with Gasteiger partial charge >= 0.3 is 0 Å². The van der Waals surface area contributed by atoms with Crippen LogP contribution in [0.2, 0.25) is 0 Å².